The van der Waals surface area contributed by atoms with E-state index in [1.807, 2.05) is 0 Å². The Morgan fingerprint density at radius 3 is 0.836 bits per heavy atom. The lowest BCUT2D eigenvalue weighted by atomic mass is 10.0. The summed E-state index contributed by atoms with van der Waals surface area (Å²) in [5.41, 5.74) is 0. The molecular weight excluding hydrogens is 901 g/mol. The lowest BCUT2D eigenvalue weighted by Crippen LogP contribution is -2.30. The maximum Gasteiger partial charge on any atom is 0.306 e. The van der Waals surface area contributed by atoms with Crippen molar-refractivity contribution in [1.29, 1.82) is 0 Å². The molecule has 0 heterocycles. The van der Waals surface area contributed by atoms with Crippen LogP contribution in [0.3, 0.4) is 0 Å². The smallest absolute Gasteiger partial charge is 0.306 e. The zero-order valence-corrected chi connectivity index (χ0v) is 48.4. The largest absolute Gasteiger partial charge is 0.462 e. The Kier molecular flexibility index (Phi) is 58.7. The molecule has 73 heavy (non-hydrogen) atoms. The molecule has 0 amide bonds. The van der Waals surface area contributed by atoms with Crippen LogP contribution in [0.1, 0.15) is 316 Å². The van der Waals surface area contributed by atoms with E-state index in [1.165, 1.54) is 173 Å². The summed E-state index contributed by atoms with van der Waals surface area (Å²) in [5, 5.41) is 0. The molecule has 0 bridgehead atoms. The average molecular weight is 1020 g/mol. The monoisotopic (exact) mass is 1020 g/mol. The van der Waals surface area contributed by atoms with Crippen LogP contribution in [0, 0.1) is 0 Å². The Hall–Kier alpha value is -3.15. The normalized spacial score (nSPS) is 12.5. The third-order valence-electron chi connectivity index (χ3n) is 13.7. The standard InChI is InChI=1S/C67H118O6/c1-4-7-10-13-16-19-21-23-25-27-29-31-32-33-34-35-36-37-39-40-42-44-46-48-51-54-57-60-66(69)72-63-64(62-71-65(68)59-56-53-50-18-15-12-9-6-3)73-67(70)61-58-55-52-49-47-45-43-41-38-30-28-26-24-22-20-17-14-11-8-5-2/h7,10,16,19,23,25,29,31,33-34,36-37,64H,4-6,8-9,11-15,17-18,20-22,24,26-28,30,32,35,38-63H2,1-3H3/b10-7-,19-16-,25-23-,31-29-,34-33-,37-36-. The number of hydrogen-bond acceptors (Lipinski definition) is 6. The molecular formula is C67H118O6. The molecule has 0 aliphatic rings. The minimum Gasteiger partial charge on any atom is -0.462 e. The van der Waals surface area contributed by atoms with Crippen LogP contribution in [0.25, 0.3) is 0 Å². The lowest BCUT2D eigenvalue weighted by Gasteiger charge is -2.18. The Labute approximate surface area is 453 Å². The predicted octanol–water partition coefficient (Wildman–Crippen LogP) is 21.3. The lowest BCUT2D eigenvalue weighted by molar-refractivity contribution is -0.167. The molecule has 0 saturated carbocycles. The topological polar surface area (TPSA) is 78.9 Å². The van der Waals surface area contributed by atoms with Crippen LogP contribution in [-0.4, -0.2) is 37.2 Å². The van der Waals surface area contributed by atoms with Crippen molar-refractivity contribution in [3.63, 3.8) is 0 Å². The summed E-state index contributed by atoms with van der Waals surface area (Å²) >= 11 is 0. The zero-order chi connectivity index (χ0) is 52.9. The highest BCUT2D eigenvalue weighted by Gasteiger charge is 2.19. The SMILES string of the molecule is CC/C=C\C/C=C\C/C=C\C/C=C\C/C=C\C/C=C\CCCCCCCCCCC(=O)OCC(COC(=O)CCCCCCCCCC)OC(=O)CCCCCCCCCCCCCCCCCCCCCC. The third kappa shape index (κ3) is 59.6. The number of ether oxygens (including phenoxy) is 3. The summed E-state index contributed by atoms with van der Waals surface area (Å²) in [6.07, 6.45) is 79.2. The average Bonchev–Trinajstić information content (AvgIpc) is 3.39. The van der Waals surface area contributed by atoms with Crippen molar-refractivity contribution >= 4 is 17.9 Å². The minimum atomic E-state index is -0.775. The molecule has 0 aromatic heterocycles. The van der Waals surface area contributed by atoms with Gasteiger partial charge in [-0.05, 0) is 70.6 Å². The van der Waals surface area contributed by atoms with Gasteiger partial charge in [0.1, 0.15) is 13.2 Å². The van der Waals surface area contributed by atoms with E-state index < -0.39 is 6.10 Å². The molecule has 422 valence electrons. The van der Waals surface area contributed by atoms with Gasteiger partial charge in [-0.3, -0.25) is 14.4 Å². The predicted molar refractivity (Wildman–Crippen MR) is 316 cm³/mol. The van der Waals surface area contributed by atoms with E-state index in [-0.39, 0.29) is 31.1 Å². The van der Waals surface area contributed by atoms with Gasteiger partial charge in [0.2, 0.25) is 0 Å². The van der Waals surface area contributed by atoms with Gasteiger partial charge in [-0.25, -0.2) is 0 Å². The van der Waals surface area contributed by atoms with Crippen molar-refractivity contribution in [2.75, 3.05) is 13.2 Å². The molecule has 6 nitrogen and oxygen atoms in total. The van der Waals surface area contributed by atoms with E-state index in [2.05, 4.69) is 93.7 Å². The first-order valence-corrected chi connectivity index (χ1v) is 31.4. The molecule has 1 unspecified atom stereocenters. The van der Waals surface area contributed by atoms with Crippen LogP contribution in [-0.2, 0) is 28.6 Å². The summed E-state index contributed by atoms with van der Waals surface area (Å²) in [7, 11) is 0. The van der Waals surface area contributed by atoms with Crippen LogP contribution < -0.4 is 0 Å². The molecule has 0 aromatic carbocycles. The van der Waals surface area contributed by atoms with Crippen molar-refractivity contribution in [2.24, 2.45) is 0 Å². The van der Waals surface area contributed by atoms with Gasteiger partial charge in [0.25, 0.3) is 0 Å². The molecule has 0 saturated heterocycles. The summed E-state index contributed by atoms with van der Waals surface area (Å²) in [4.78, 5) is 38.1. The van der Waals surface area contributed by atoms with Crippen LogP contribution >= 0.6 is 0 Å². The fourth-order valence-electron chi connectivity index (χ4n) is 9.04. The third-order valence-corrected chi connectivity index (χ3v) is 13.7. The fourth-order valence-corrected chi connectivity index (χ4v) is 9.04. The number of hydrogen-bond donors (Lipinski definition) is 0. The van der Waals surface area contributed by atoms with Gasteiger partial charge in [-0.1, -0.05) is 299 Å². The number of esters is 3. The second kappa shape index (κ2) is 61.4. The first-order chi connectivity index (χ1) is 36.0. The Bertz CT molecular complexity index is 1360. The zero-order valence-electron chi connectivity index (χ0n) is 48.4. The fraction of sp³-hybridized carbons (Fsp3) is 0.776. The van der Waals surface area contributed by atoms with Crippen molar-refractivity contribution in [3.05, 3.63) is 72.9 Å². The highest BCUT2D eigenvalue weighted by Crippen LogP contribution is 2.17. The van der Waals surface area contributed by atoms with Crippen LogP contribution in [0.15, 0.2) is 72.9 Å². The molecule has 0 radical (unpaired) electrons. The molecule has 0 spiro atoms. The van der Waals surface area contributed by atoms with Crippen molar-refractivity contribution < 1.29 is 28.6 Å². The van der Waals surface area contributed by atoms with E-state index in [0.29, 0.717) is 19.3 Å². The van der Waals surface area contributed by atoms with Gasteiger partial charge in [-0.15, -0.1) is 0 Å². The number of carbonyl (C=O) groups excluding carboxylic acids is 3. The Morgan fingerprint density at radius 2 is 0.534 bits per heavy atom. The van der Waals surface area contributed by atoms with Crippen molar-refractivity contribution in [2.45, 2.75) is 322 Å². The molecule has 0 aromatic rings. The molecule has 0 rings (SSSR count). The van der Waals surface area contributed by atoms with Gasteiger partial charge in [0.05, 0.1) is 0 Å². The summed E-state index contributed by atoms with van der Waals surface area (Å²) < 4.78 is 16.9. The van der Waals surface area contributed by atoms with Crippen molar-refractivity contribution in [3.8, 4) is 0 Å². The maximum absolute atomic E-state index is 12.9. The van der Waals surface area contributed by atoms with Gasteiger partial charge in [0, 0.05) is 19.3 Å². The van der Waals surface area contributed by atoms with E-state index in [1.54, 1.807) is 0 Å². The summed E-state index contributed by atoms with van der Waals surface area (Å²) in [5.74, 6) is -0.872. The molecule has 1 atom stereocenters. The van der Waals surface area contributed by atoms with E-state index in [0.717, 1.165) is 103 Å². The van der Waals surface area contributed by atoms with Crippen LogP contribution in [0.4, 0.5) is 0 Å². The molecule has 0 aliphatic heterocycles. The van der Waals surface area contributed by atoms with Crippen LogP contribution in [0.2, 0.25) is 0 Å². The van der Waals surface area contributed by atoms with E-state index in [4.69, 9.17) is 14.2 Å². The van der Waals surface area contributed by atoms with Gasteiger partial charge in [0.15, 0.2) is 6.10 Å². The minimum absolute atomic E-state index is 0.0739. The van der Waals surface area contributed by atoms with E-state index >= 15 is 0 Å². The molecule has 6 heteroatoms. The van der Waals surface area contributed by atoms with Crippen molar-refractivity contribution in [1.82, 2.24) is 0 Å². The van der Waals surface area contributed by atoms with Gasteiger partial charge in [-0.2, -0.15) is 0 Å². The van der Waals surface area contributed by atoms with Crippen LogP contribution in [0.5, 0.6) is 0 Å². The number of allylic oxidation sites excluding steroid dienone is 12. The second-order valence-electron chi connectivity index (χ2n) is 21.0. The number of rotatable bonds is 57. The quantitative estimate of drug-likeness (QED) is 0.0261. The highest BCUT2D eigenvalue weighted by molar-refractivity contribution is 5.71. The Morgan fingerprint density at radius 1 is 0.288 bits per heavy atom. The molecule has 0 aliphatic carbocycles. The number of unbranched alkanes of at least 4 members (excludes halogenated alkanes) is 34. The van der Waals surface area contributed by atoms with E-state index in [9.17, 15) is 14.4 Å². The summed E-state index contributed by atoms with van der Waals surface area (Å²) in [6.45, 7) is 6.53. The molecule has 0 N–H and O–H groups in total. The first-order valence-electron chi connectivity index (χ1n) is 31.4. The first kappa shape index (κ1) is 69.8. The van der Waals surface area contributed by atoms with Gasteiger partial charge >= 0.3 is 17.9 Å². The second-order valence-corrected chi connectivity index (χ2v) is 21.0. The summed E-state index contributed by atoms with van der Waals surface area (Å²) in [6, 6.07) is 0. The Balaban J connectivity index is 4.19. The number of carbonyl (C=O) groups is 3. The molecule has 0 fully saturated rings. The van der Waals surface area contributed by atoms with Gasteiger partial charge < -0.3 is 14.2 Å². The highest BCUT2D eigenvalue weighted by atomic mass is 16.6. The maximum atomic E-state index is 12.9.